The van der Waals surface area contributed by atoms with Gasteiger partial charge in [0, 0.05) is 19.0 Å². The summed E-state index contributed by atoms with van der Waals surface area (Å²) >= 11 is 0. The molecule has 0 radical (unpaired) electrons. The zero-order valence-corrected chi connectivity index (χ0v) is 12.7. The molecule has 2 aliphatic rings. The highest BCUT2D eigenvalue weighted by Gasteiger charge is 2.28. The van der Waals surface area contributed by atoms with Gasteiger partial charge in [-0.25, -0.2) is 0 Å². The third-order valence-corrected chi connectivity index (χ3v) is 4.65. The lowest BCUT2D eigenvalue weighted by Gasteiger charge is -2.38. The average Bonchev–Trinajstić information content (AvgIpc) is 2.47. The summed E-state index contributed by atoms with van der Waals surface area (Å²) in [6.07, 6.45) is 5.03. The van der Waals surface area contributed by atoms with Gasteiger partial charge in [0.15, 0.2) is 0 Å². The van der Waals surface area contributed by atoms with E-state index >= 15 is 0 Å². The largest absolute Gasteiger partial charge is 0.395 e. The number of piperidine rings is 2. The van der Waals surface area contributed by atoms with Crippen LogP contribution in [0.15, 0.2) is 0 Å². The number of carbonyl (C=O) groups excluding carboxylic acids is 1. The standard InChI is InChI=1S/C15H29N3O2/c1-17-7-4-14(5-8-17)18(9-10-19)15(20)11-13-3-2-6-16-12-13/h13-14,16,19H,2-12H2,1H3. The Labute approximate surface area is 122 Å². The van der Waals surface area contributed by atoms with E-state index in [9.17, 15) is 9.90 Å². The first-order chi connectivity index (χ1) is 9.70. The topological polar surface area (TPSA) is 55.8 Å². The fourth-order valence-corrected chi connectivity index (χ4v) is 3.39. The summed E-state index contributed by atoms with van der Waals surface area (Å²) in [5.41, 5.74) is 0. The van der Waals surface area contributed by atoms with Crippen LogP contribution < -0.4 is 5.32 Å². The van der Waals surface area contributed by atoms with Crippen molar-refractivity contribution in [2.45, 2.75) is 38.1 Å². The minimum absolute atomic E-state index is 0.0704. The Hall–Kier alpha value is -0.650. The first kappa shape index (κ1) is 15.7. The van der Waals surface area contributed by atoms with Crippen LogP contribution in [-0.2, 0) is 4.79 Å². The summed E-state index contributed by atoms with van der Waals surface area (Å²) in [6.45, 7) is 4.70. The van der Waals surface area contributed by atoms with E-state index in [0.29, 0.717) is 24.9 Å². The molecule has 2 saturated heterocycles. The van der Waals surface area contributed by atoms with Crippen LogP contribution in [0.2, 0.25) is 0 Å². The summed E-state index contributed by atoms with van der Waals surface area (Å²) in [5, 5.41) is 12.6. The van der Waals surface area contributed by atoms with Crippen molar-refractivity contribution in [3.63, 3.8) is 0 Å². The van der Waals surface area contributed by atoms with Crippen LogP contribution in [0, 0.1) is 5.92 Å². The van der Waals surface area contributed by atoms with E-state index in [0.717, 1.165) is 45.4 Å². The van der Waals surface area contributed by atoms with Crippen LogP contribution in [0.1, 0.15) is 32.1 Å². The molecular weight excluding hydrogens is 254 g/mol. The molecule has 2 rings (SSSR count). The molecule has 0 aliphatic carbocycles. The maximum absolute atomic E-state index is 12.6. The number of aliphatic hydroxyl groups excluding tert-OH is 1. The fourth-order valence-electron chi connectivity index (χ4n) is 3.39. The second-order valence-electron chi connectivity index (χ2n) is 6.26. The summed E-state index contributed by atoms with van der Waals surface area (Å²) < 4.78 is 0. The van der Waals surface area contributed by atoms with Gasteiger partial charge < -0.3 is 20.2 Å². The van der Waals surface area contributed by atoms with Crippen LogP contribution in [0.25, 0.3) is 0 Å². The molecular formula is C15H29N3O2. The SMILES string of the molecule is CN1CCC(N(CCO)C(=O)CC2CCCNC2)CC1. The van der Waals surface area contributed by atoms with Crippen molar-refractivity contribution in [2.24, 2.45) is 5.92 Å². The first-order valence-corrected chi connectivity index (χ1v) is 8.00. The molecule has 5 nitrogen and oxygen atoms in total. The molecule has 20 heavy (non-hydrogen) atoms. The molecule has 1 atom stereocenters. The normalized spacial score (nSPS) is 25.6. The van der Waals surface area contributed by atoms with Gasteiger partial charge in [-0.1, -0.05) is 0 Å². The van der Waals surface area contributed by atoms with Gasteiger partial charge in [0.1, 0.15) is 0 Å². The lowest BCUT2D eigenvalue weighted by molar-refractivity contribution is -0.136. The Morgan fingerprint density at radius 2 is 2.10 bits per heavy atom. The third kappa shape index (κ3) is 4.43. The summed E-state index contributed by atoms with van der Waals surface area (Å²) in [4.78, 5) is 16.8. The number of hydrogen-bond donors (Lipinski definition) is 2. The smallest absolute Gasteiger partial charge is 0.223 e. The van der Waals surface area contributed by atoms with Crippen LogP contribution in [0.5, 0.6) is 0 Å². The predicted octanol–water partition coefficient (Wildman–Crippen LogP) is 0.291. The van der Waals surface area contributed by atoms with Crippen molar-refractivity contribution in [1.82, 2.24) is 15.1 Å². The Kier molecular flexibility index (Phi) is 6.26. The molecule has 2 aliphatic heterocycles. The van der Waals surface area contributed by atoms with Gasteiger partial charge in [0.2, 0.25) is 5.91 Å². The molecule has 2 fully saturated rings. The van der Waals surface area contributed by atoms with Crippen molar-refractivity contribution >= 4 is 5.91 Å². The molecule has 0 bridgehead atoms. The second-order valence-corrected chi connectivity index (χ2v) is 6.26. The number of amides is 1. The van der Waals surface area contributed by atoms with Crippen LogP contribution in [0.3, 0.4) is 0 Å². The maximum atomic E-state index is 12.6. The zero-order chi connectivity index (χ0) is 14.4. The Balaban J connectivity index is 1.87. The lowest BCUT2D eigenvalue weighted by Crippen LogP contribution is -2.48. The van der Waals surface area contributed by atoms with Gasteiger partial charge >= 0.3 is 0 Å². The Bertz CT molecular complexity index is 297. The van der Waals surface area contributed by atoms with Gasteiger partial charge in [0.25, 0.3) is 0 Å². The Morgan fingerprint density at radius 1 is 1.35 bits per heavy atom. The van der Waals surface area contributed by atoms with E-state index in [2.05, 4.69) is 17.3 Å². The van der Waals surface area contributed by atoms with E-state index in [1.807, 2.05) is 4.90 Å². The fraction of sp³-hybridized carbons (Fsp3) is 0.933. The molecule has 0 saturated carbocycles. The minimum atomic E-state index is 0.0704. The third-order valence-electron chi connectivity index (χ3n) is 4.65. The van der Waals surface area contributed by atoms with Gasteiger partial charge in [-0.3, -0.25) is 4.79 Å². The number of hydrogen-bond acceptors (Lipinski definition) is 4. The first-order valence-electron chi connectivity index (χ1n) is 8.00. The number of nitrogens with one attached hydrogen (secondary N) is 1. The predicted molar refractivity (Wildman–Crippen MR) is 79.5 cm³/mol. The van der Waals surface area contributed by atoms with Gasteiger partial charge in [0.05, 0.1) is 6.61 Å². The van der Waals surface area contributed by atoms with E-state index in [4.69, 9.17) is 0 Å². The molecule has 0 aromatic rings. The number of likely N-dealkylation sites (tertiary alicyclic amines) is 1. The lowest BCUT2D eigenvalue weighted by atomic mass is 9.94. The molecule has 5 heteroatoms. The van der Waals surface area contributed by atoms with Gasteiger partial charge in [-0.05, 0) is 64.8 Å². The monoisotopic (exact) mass is 283 g/mol. The van der Waals surface area contributed by atoms with E-state index in [1.54, 1.807) is 0 Å². The van der Waals surface area contributed by atoms with Crippen molar-refractivity contribution in [2.75, 3.05) is 46.4 Å². The van der Waals surface area contributed by atoms with E-state index in [-0.39, 0.29) is 12.5 Å². The van der Waals surface area contributed by atoms with Gasteiger partial charge in [-0.15, -0.1) is 0 Å². The van der Waals surface area contributed by atoms with Crippen LogP contribution in [0.4, 0.5) is 0 Å². The summed E-state index contributed by atoms with van der Waals surface area (Å²) in [5.74, 6) is 0.714. The molecule has 2 heterocycles. The van der Waals surface area contributed by atoms with Crippen molar-refractivity contribution < 1.29 is 9.90 Å². The highest BCUT2D eigenvalue weighted by atomic mass is 16.3. The highest BCUT2D eigenvalue weighted by Crippen LogP contribution is 2.20. The summed E-state index contributed by atoms with van der Waals surface area (Å²) in [7, 11) is 2.13. The number of carbonyl (C=O) groups is 1. The molecule has 1 unspecified atom stereocenters. The van der Waals surface area contributed by atoms with E-state index in [1.165, 1.54) is 6.42 Å². The molecule has 1 amide bonds. The molecule has 0 spiro atoms. The molecule has 0 aromatic carbocycles. The molecule has 0 aromatic heterocycles. The quantitative estimate of drug-likeness (QED) is 0.761. The van der Waals surface area contributed by atoms with Gasteiger partial charge in [-0.2, -0.15) is 0 Å². The van der Waals surface area contributed by atoms with Crippen molar-refractivity contribution in [3.05, 3.63) is 0 Å². The minimum Gasteiger partial charge on any atom is -0.395 e. The Morgan fingerprint density at radius 3 is 2.70 bits per heavy atom. The van der Waals surface area contributed by atoms with Crippen molar-refractivity contribution in [1.29, 1.82) is 0 Å². The van der Waals surface area contributed by atoms with Crippen LogP contribution in [-0.4, -0.2) is 73.2 Å². The zero-order valence-electron chi connectivity index (χ0n) is 12.7. The maximum Gasteiger partial charge on any atom is 0.223 e. The number of rotatable bonds is 5. The van der Waals surface area contributed by atoms with E-state index < -0.39 is 0 Å². The molecule has 116 valence electrons. The average molecular weight is 283 g/mol. The molecule has 2 N–H and O–H groups in total. The van der Waals surface area contributed by atoms with Crippen LogP contribution >= 0.6 is 0 Å². The van der Waals surface area contributed by atoms with Crippen molar-refractivity contribution in [3.8, 4) is 0 Å². The number of nitrogens with zero attached hydrogens (tertiary/aromatic N) is 2. The number of aliphatic hydroxyl groups is 1. The summed E-state index contributed by atoms with van der Waals surface area (Å²) in [6, 6.07) is 0.322. The highest BCUT2D eigenvalue weighted by molar-refractivity contribution is 5.76. The second kappa shape index (κ2) is 7.96.